The van der Waals surface area contributed by atoms with E-state index < -0.39 is 0 Å². The van der Waals surface area contributed by atoms with Crippen LogP contribution in [0.2, 0.25) is 0 Å². The molecule has 0 aliphatic carbocycles. The Morgan fingerprint density at radius 2 is 1.75 bits per heavy atom. The maximum absolute atomic E-state index is 11.0. The number of rotatable bonds is 5. The summed E-state index contributed by atoms with van der Waals surface area (Å²) in [6.07, 6.45) is 1.93. The molecule has 0 spiro atoms. The van der Waals surface area contributed by atoms with Gasteiger partial charge in [0, 0.05) is 6.04 Å². The molecule has 0 aromatic heterocycles. The Bertz CT molecular complexity index is 141. The predicted molar refractivity (Wildman–Crippen MR) is 50.4 cm³/mol. The van der Waals surface area contributed by atoms with E-state index in [9.17, 15) is 4.79 Å². The third-order valence-electron chi connectivity index (χ3n) is 2.45. The maximum Gasteiger partial charge on any atom is 0.222 e. The summed E-state index contributed by atoms with van der Waals surface area (Å²) < 4.78 is 0. The van der Waals surface area contributed by atoms with Crippen LogP contribution >= 0.6 is 0 Å². The van der Waals surface area contributed by atoms with Crippen LogP contribution in [-0.2, 0) is 4.79 Å². The zero-order chi connectivity index (χ0) is 9.72. The Kier molecular flexibility index (Phi) is 4.90. The molecule has 3 heteroatoms. The topological polar surface area (TPSA) is 69.1 Å². The molecule has 4 N–H and O–H groups in total. The van der Waals surface area contributed by atoms with Crippen LogP contribution < -0.4 is 11.5 Å². The van der Waals surface area contributed by atoms with Gasteiger partial charge in [0.15, 0.2) is 0 Å². The minimum absolute atomic E-state index is 0.132. The van der Waals surface area contributed by atoms with Crippen molar-refractivity contribution in [3.8, 4) is 0 Å². The highest BCUT2D eigenvalue weighted by Crippen LogP contribution is 2.21. The van der Waals surface area contributed by atoms with E-state index in [4.69, 9.17) is 11.5 Å². The van der Waals surface area contributed by atoms with Crippen LogP contribution in [0.4, 0.5) is 0 Å². The molecule has 1 amide bonds. The van der Waals surface area contributed by atoms with Crippen molar-refractivity contribution in [2.24, 2.45) is 23.3 Å². The fourth-order valence-corrected chi connectivity index (χ4v) is 1.72. The lowest BCUT2D eigenvalue weighted by Crippen LogP contribution is -2.41. The lowest BCUT2D eigenvalue weighted by atomic mass is 9.83. The van der Waals surface area contributed by atoms with Crippen LogP contribution in [0, 0.1) is 11.8 Å². The number of amides is 1. The lowest BCUT2D eigenvalue weighted by molar-refractivity contribution is -0.124. The average Bonchev–Trinajstić information content (AvgIpc) is 1.98. The molecule has 0 bridgehead atoms. The normalized spacial score (nSPS) is 16.1. The summed E-state index contributed by atoms with van der Waals surface area (Å²) in [7, 11) is 0. The first kappa shape index (κ1) is 11.4. The summed E-state index contributed by atoms with van der Waals surface area (Å²) in [5.41, 5.74) is 11.0. The molecule has 72 valence electrons. The lowest BCUT2D eigenvalue weighted by Gasteiger charge is -2.25. The summed E-state index contributed by atoms with van der Waals surface area (Å²) in [4.78, 5) is 11.0. The molecule has 0 fully saturated rings. The monoisotopic (exact) mass is 172 g/mol. The van der Waals surface area contributed by atoms with Crippen LogP contribution in [0.3, 0.4) is 0 Å². The van der Waals surface area contributed by atoms with E-state index in [-0.39, 0.29) is 17.9 Å². The van der Waals surface area contributed by atoms with Crippen LogP contribution in [0.15, 0.2) is 0 Å². The van der Waals surface area contributed by atoms with Gasteiger partial charge in [-0.05, 0) is 12.8 Å². The molecule has 12 heavy (non-hydrogen) atoms. The van der Waals surface area contributed by atoms with Gasteiger partial charge in [-0.25, -0.2) is 0 Å². The third kappa shape index (κ3) is 2.81. The molecule has 0 heterocycles. The number of carbonyl (C=O) groups is 1. The van der Waals surface area contributed by atoms with Crippen LogP contribution in [-0.4, -0.2) is 11.9 Å². The van der Waals surface area contributed by atoms with Crippen molar-refractivity contribution in [3.63, 3.8) is 0 Å². The Labute approximate surface area is 74.5 Å². The molecule has 0 rings (SSSR count). The summed E-state index contributed by atoms with van der Waals surface area (Å²) in [6, 6.07) is -0.132. The van der Waals surface area contributed by atoms with Gasteiger partial charge in [0.25, 0.3) is 0 Å². The van der Waals surface area contributed by atoms with Gasteiger partial charge in [-0.3, -0.25) is 4.79 Å². The van der Waals surface area contributed by atoms with Crippen molar-refractivity contribution in [2.45, 2.75) is 39.7 Å². The van der Waals surface area contributed by atoms with Crippen LogP contribution in [0.1, 0.15) is 33.6 Å². The first-order chi connectivity index (χ1) is 5.54. The zero-order valence-corrected chi connectivity index (χ0v) is 8.21. The highest BCUT2D eigenvalue weighted by Gasteiger charge is 2.26. The molecular weight excluding hydrogens is 152 g/mol. The van der Waals surface area contributed by atoms with Crippen molar-refractivity contribution in [1.82, 2.24) is 0 Å². The summed E-state index contributed by atoms with van der Waals surface area (Å²) >= 11 is 0. The van der Waals surface area contributed by atoms with E-state index in [1.165, 1.54) is 0 Å². The fourth-order valence-electron chi connectivity index (χ4n) is 1.72. The molecule has 2 unspecified atom stereocenters. The smallest absolute Gasteiger partial charge is 0.222 e. The van der Waals surface area contributed by atoms with E-state index >= 15 is 0 Å². The van der Waals surface area contributed by atoms with Gasteiger partial charge in [0.2, 0.25) is 5.91 Å². The van der Waals surface area contributed by atoms with E-state index in [1.807, 2.05) is 6.92 Å². The largest absolute Gasteiger partial charge is 0.369 e. The molecular formula is C9H20N2O. The van der Waals surface area contributed by atoms with Crippen molar-refractivity contribution < 1.29 is 4.79 Å². The summed E-state index contributed by atoms with van der Waals surface area (Å²) in [5, 5.41) is 0. The molecule has 2 atom stereocenters. The van der Waals surface area contributed by atoms with Gasteiger partial charge in [-0.15, -0.1) is 0 Å². The minimum atomic E-state index is -0.265. The second kappa shape index (κ2) is 5.14. The standard InChI is InChI=1S/C9H20N2O/c1-4-7(5-2)8(6(3)10)9(11)12/h6-8H,4-5,10H2,1-3H3,(H2,11,12). The Morgan fingerprint density at radius 3 is 1.83 bits per heavy atom. The van der Waals surface area contributed by atoms with Gasteiger partial charge in [-0.1, -0.05) is 26.7 Å². The average molecular weight is 172 g/mol. The second-order valence-corrected chi connectivity index (χ2v) is 3.36. The molecule has 0 radical (unpaired) electrons. The first-order valence-electron chi connectivity index (χ1n) is 4.59. The number of primary amides is 1. The van der Waals surface area contributed by atoms with Crippen molar-refractivity contribution >= 4 is 5.91 Å². The van der Waals surface area contributed by atoms with Gasteiger partial charge in [-0.2, -0.15) is 0 Å². The molecule has 3 nitrogen and oxygen atoms in total. The predicted octanol–water partition coefficient (Wildman–Crippen LogP) is 0.871. The van der Waals surface area contributed by atoms with Gasteiger partial charge in [0.1, 0.15) is 0 Å². The molecule has 0 aliphatic heterocycles. The van der Waals surface area contributed by atoms with Crippen molar-refractivity contribution in [2.75, 3.05) is 0 Å². The summed E-state index contributed by atoms with van der Waals surface area (Å²) in [6.45, 7) is 5.96. The van der Waals surface area contributed by atoms with Gasteiger partial charge < -0.3 is 11.5 Å². The molecule has 0 aromatic rings. The highest BCUT2D eigenvalue weighted by molar-refractivity contribution is 5.77. The number of nitrogens with two attached hydrogens (primary N) is 2. The molecule has 0 aromatic carbocycles. The Morgan fingerprint density at radius 1 is 1.33 bits per heavy atom. The third-order valence-corrected chi connectivity index (χ3v) is 2.45. The SMILES string of the molecule is CCC(CC)C(C(N)=O)C(C)N. The molecule has 0 aliphatic rings. The highest BCUT2D eigenvalue weighted by atomic mass is 16.1. The summed E-state index contributed by atoms with van der Waals surface area (Å²) in [5.74, 6) is -0.0961. The number of hydrogen-bond donors (Lipinski definition) is 2. The zero-order valence-electron chi connectivity index (χ0n) is 8.21. The van der Waals surface area contributed by atoms with Crippen LogP contribution in [0.5, 0.6) is 0 Å². The second-order valence-electron chi connectivity index (χ2n) is 3.36. The molecule has 0 saturated carbocycles. The number of carbonyl (C=O) groups excluding carboxylic acids is 1. The number of hydrogen-bond acceptors (Lipinski definition) is 2. The van der Waals surface area contributed by atoms with E-state index in [1.54, 1.807) is 0 Å². The van der Waals surface area contributed by atoms with E-state index in [0.29, 0.717) is 5.92 Å². The van der Waals surface area contributed by atoms with Gasteiger partial charge in [0.05, 0.1) is 5.92 Å². The van der Waals surface area contributed by atoms with E-state index in [2.05, 4.69) is 13.8 Å². The van der Waals surface area contributed by atoms with Gasteiger partial charge >= 0.3 is 0 Å². The van der Waals surface area contributed by atoms with Crippen molar-refractivity contribution in [1.29, 1.82) is 0 Å². The maximum atomic E-state index is 11.0. The Hall–Kier alpha value is -0.570. The Balaban J connectivity index is 4.36. The van der Waals surface area contributed by atoms with Crippen molar-refractivity contribution in [3.05, 3.63) is 0 Å². The fraction of sp³-hybridized carbons (Fsp3) is 0.889. The first-order valence-corrected chi connectivity index (χ1v) is 4.59. The molecule has 0 saturated heterocycles. The van der Waals surface area contributed by atoms with Crippen LogP contribution in [0.25, 0.3) is 0 Å². The minimum Gasteiger partial charge on any atom is -0.369 e. The quantitative estimate of drug-likeness (QED) is 0.646. The van der Waals surface area contributed by atoms with E-state index in [0.717, 1.165) is 12.8 Å².